The minimum atomic E-state index is -1.05. The molecule has 0 spiro atoms. The molecule has 0 unspecified atom stereocenters. The molecule has 0 heterocycles. The third-order valence-electron chi connectivity index (χ3n) is 0.858. The Kier molecular flexibility index (Phi) is 2.66. The fraction of sp³-hybridized carbons (Fsp3) is 0.500. The van der Waals surface area contributed by atoms with Crippen molar-refractivity contribution in [3.63, 3.8) is 0 Å². The van der Waals surface area contributed by atoms with E-state index in [1.54, 1.807) is 0 Å². The molecule has 0 saturated heterocycles. The smallest absolute Gasteiger partial charge is 0.244 e. The summed E-state index contributed by atoms with van der Waals surface area (Å²) in [7, 11) is 1.43. The van der Waals surface area contributed by atoms with Gasteiger partial charge in [-0.3, -0.25) is 9.59 Å². The number of hydrogen-bond acceptors (Lipinski definition) is 3. The van der Waals surface area contributed by atoms with E-state index in [1.165, 1.54) is 7.05 Å². The van der Waals surface area contributed by atoms with Crippen LogP contribution in [0.15, 0.2) is 0 Å². The minimum absolute atomic E-state index is 0.759. The quantitative estimate of drug-likeness (QED) is 0.370. The summed E-state index contributed by atoms with van der Waals surface area (Å²) in [5.74, 6) is -1.52. The second-order valence-electron chi connectivity index (χ2n) is 1.53. The highest BCUT2D eigenvalue weighted by Crippen LogP contribution is 1.75. The molecule has 0 aliphatic heterocycles. The van der Waals surface area contributed by atoms with Crippen molar-refractivity contribution in [1.29, 1.82) is 0 Å². The first-order valence-corrected chi connectivity index (χ1v) is 2.35. The number of nitrogens with one attached hydrogen (secondary N) is 1. The predicted molar refractivity (Wildman–Crippen MR) is 31.2 cm³/mol. The lowest BCUT2D eigenvalue weighted by atomic mass is 10.3. The van der Waals surface area contributed by atoms with Gasteiger partial charge in [0, 0.05) is 0 Å². The van der Waals surface area contributed by atoms with Crippen LogP contribution in [0.1, 0.15) is 0 Å². The van der Waals surface area contributed by atoms with Gasteiger partial charge in [-0.15, -0.1) is 0 Å². The molecule has 5 N–H and O–H groups in total. The molecule has 0 bridgehead atoms. The van der Waals surface area contributed by atoms with Crippen molar-refractivity contribution in [1.82, 2.24) is 5.32 Å². The molecule has 5 nitrogen and oxygen atoms in total. The third-order valence-corrected chi connectivity index (χ3v) is 0.858. The maximum atomic E-state index is 10.2. The largest absolute Gasteiger partial charge is 0.368 e. The summed E-state index contributed by atoms with van der Waals surface area (Å²) in [6.07, 6.45) is 0. The van der Waals surface area contributed by atoms with Crippen LogP contribution in [-0.2, 0) is 9.59 Å². The van der Waals surface area contributed by atoms with Gasteiger partial charge in [-0.2, -0.15) is 0 Å². The van der Waals surface area contributed by atoms with Gasteiger partial charge < -0.3 is 16.8 Å². The zero-order valence-electron chi connectivity index (χ0n) is 5.05. The van der Waals surface area contributed by atoms with Crippen molar-refractivity contribution in [3.05, 3.63) is 0 Å². The van der Waals surface area contributed by atoms with E-state index in [2.05, 4.69) is 5.32 Å². The molecule has 0 aromatic carbocycles. The predicted octanol–water partition coefficient (Wildman–Crippen LogP) is -2.45. The molecule has 52 valence electrons. The van der Waals surface area contributed by atoms with Gasteiger partial charge >= 0.3 is 0 Å². The van der Waals surface area contributed by atoms with Crippen LogP contribution in [0.5, 0.6) is 0 Å². The van der Waals surface area contributed by atoms with E-state index in [0.717, 1.165) is 0 Å². The first kappa shape index (κ1) is 7.90. The lowest BCUT2D eigenvalue weighted by molar-refractivity contribution is -0.128. The van der Waals surface area contributed by atoms with Gasteiger partial charge in [0.15, 0.2) is 6.04 Å². The van der Waals surface area contributed by atoms with Crippen LogP contribution in [0, 0.1) is 0 Å². The Morgan fingerprint density at radius 2 is 1.67 bits per heavy atom. The van der Waals surface area contributed by atoms with Gasteiger partial charge in [0.1, 0.15) is 0 Å². The summed E-state index contributed by atoms with van der Waals surface area (Å²) in [4.78, 5) is 20.5. The number of nitrogens with two attached hydrogens (primary N) is 2. The molecule has 0 fully saturated rings. The van der Waals surface area contributed by atoms with Gasteiger partial charge in [-0.1, -0.05) is 0 Å². The fourth-order valence-electron chi connectivity index (χ4n) is 0.425. The van der Waals surface area contributed by atoms with Gasteiger partial charge in [-0.05, 0) is 7.05 Å². The number of carbonyl (C=O) groups is 2. The fourth-order valence-corrected chi connectivity index (χ4v) is 0.425. The van der Waals surface area contributed by atoms with Crippen LogP contribution in [0.2, 0.25) is 0 Å². The van der Waals surface area contributed by atoms with E-state index in [9.17, 15) is 9.59 Å². The Morgan fingerprint density at radius 1 is 1.33 bits per heavy atom. The van der Waals surface area contributed by atoms with E-state index >= 15 is 0 Å². The Morgan fingerprint density at radius 3 is 1.67 bits per heavy atom. The molecule has 0 aliphatic carbocycles. The average molecular weight is 131 g/mol. The van der Waals surface area contributed by atoms with Gasteiger partial charge in [0.05, 0.1) is 0 Å². The number of amides is 2. The molecule has 2 amide bonds. The van der Waals surface area contributed by atoms with Crippen LogP contribution in [0.3, 0.4) is 0 Å². The molecule has 0 rings (SSSR count). The van der Waals surface area contributed by atoms with Gasteiger partial charge in [0.2, 0.25) is 11.8 Å². The van der Waals surface area contributed by atoms with E-state index in [0.29, 0.717) is 0 Å². The first-order chi connectivity index (χ1) is 4.09. The zero-order chi connectivity index (χ0) is 7.44. The number of primary amides is 2. The second kappa shape index (κ2) is 3.03. The summed E-state index contributed by atoms with van der Waals surface area (Å²) < 4.78 is 0. The van der Waals surface area contributed by atoms with Crippen LogP contribution in [0.25, 0.3) is 0 Å². The van der Waals surface area contributed by atoms with Gasteiger partial charge in [-0.25, -0.2) is 0 Å². The molecule has 0 saturated carbocycles. The standard InChI is InChI=1S/C4H9N3O2/c1-7-2(3(5)8)4(6)9/h2,7H,1H3,(H2,5,8)(H2,6,9). The Hall–Kier alpha value is -1.10. The van der Waals surface area contributed by atoms with E-state index < -0.39 is 17.9 Å². The molecule has 9 heavy (non-hydrogen) atoms. The van der Waals surface area contributed by atoms with Crippen LogP contribution < -0.4 is 16.8 Å². The Labute approximate surface area is 52.4 Å². The Bertz CT molecular complexity index is 120. The number of likely N-dealkylation sites (N-methyl/N-ethyl adjacent to an activating group) is 1. The maximum Gasteiger partial charge on any atom is 0.244 e. The third kappa shape index (κ3) is 2.09. The number of carbonyl (C=O) groups excluding carboxylic acids is 2. The van der Waals surface area contributed by atoms with Crippen LogP contribution >= 0.6 is 0 Å². The lowest BCUT2D eigenvalue weighted by Crippen LogP contribution is -2.48. The van der Waals surface area contributed by atoms with Crippen LogP contribution in [-0.4, -0.2) is 24.9 Å². The average Bonchev–Trinajstić information content (AvgIpc) is 1.64. The summed E-state index contributed by atoms with van der Waals surface area (Å²) >= 11 is 0. The summed E-state index contributed by atoms with van der Waals surface area (Å²) in [5, 5.41) is 2.35. The lowest BCUT2D eigenvalue weighted by Gasteiger charge is -2.05. The molecular weight excluding hydrogens is 122 g/mol. The topological polar surface area (TPSA) is 98.2 Å². The van der Waals surface area contributed by atoms with Crippen molar-refractivity contribution >= 4 is 11.8 Å². The molecule has 5 heteroatoms. The molecule has 0 aliphatic rings. The van der Waals surface area contributed by atoms with Crippen molar-refractivity contribution < 1.29 is 9.59 Å². The highest BCUT2D eigenvalue weighted by Gasteiger charge is 2.17. The van der Waals surface area contributed by atoms with Gasteiger partial charge in [0.25, 0.3) is 0 Å². The van der Waals surface area contributed by atoms with Crippen molar-refractivity contribution in [2.75, 3.05) is 7.05 Å². The number of hydrogen-bond donors (Lipinski definition) is 3. The highest BCUT2D eigenvalue weighted by atomic mass is 16.2. The zero-order valence-corrected chi connectivity index (χ0v) is 5.05. The van der Waals surface area contributed by atoms with E-state index in [4.69, 9.17) is 11.5 Å². The van der Waals surface area contributed by atoms with E-state index in [-0.39, 0.29) is 0 Å². The normalized spacial score (nSPS) is 9.56. The molecular formula is C4H9N3O2. The van der Waals surface area contributed by atoms with Crippen molar-refractivity contribution in [2.24, 2.45) is 11.5 Å². The maximum absolute atomic E-state index is 10.2. The molecule has 0 atom stereocenters. The SMILES string of the molecule is CNC(C(N)=O)C(N)=O. The monoisotopic (exact) mass is 131 g/mol. The molecule has 0 radical (unpaired) electrons. The second-order valence-corrected chi connectivity index (χ2v) is 1.53. The minimum Gasteiger partial charge on any atom is -0.368 e. The van der Waals surface area contributed by atoms with Crippen molar-refractivity contribution in [3.8, 4) is 0 Å². The molecule has 0 aromatic rings. The highest BCUT2D eigenvalue weighted by molar-refractivity contribution is 6.02. The summed E-state index contributed by atoms with van der Waals surface area (Å²) in [5.41, 5.74) is 9.49. The van der Waals surface area contributed by atoms with Crippen molar-refractivity contribution in [2.45, 2.75) is 6.04 Å². The Balaban J connectivity index is 3.99. The molecule has 0 aromatic heterocycles. The number of rotatable bonds is 3. The van der Waals surface area contributed by atoms with Crippen LogP contribution in [0.4, 0.5) is 0 Å². The summed E-state index contributed by atoms with van der Waals surface area (Å²) in [6, 6.07) is -1.05. The summed E-state index contributed by atoms with van der Waals surface area (Å²) in [6.45, 7) is 0. The first-order valence-electron chi connectivity index (χ1n) is 2.35. The van der Waals surface area contributed by atoms with E-state index in [1.807, 2.05) is 0 Å².